The maximum absolute atomic E-state index is 12.6. The number of ether oxygens (including phenoxy) is 3. The van der Waals surface area contributed by atoms with Crippen molar-refractivity contribution >= 4 is 5.97 Å². The Morgan fingerprint density at radius 2 is 2.12 bits per heavy atom. The standard InChI is InChI=1S/C19H25NO6/c1-2-3-10-22-16-12-15(24-18(21)13-7-5-4-6-8-13)17-14-9-11-23-19(14)26-20(17)25-16/h4-8,14-17,19H,2-3,9-12H2,1H3/t14-,15-,16-,17+,19+/m1/s1. The second-order valence-corrected chi connectivity index (χ2v) is 6.88. The molecule has 0 N–H and O–H groups in total. The molecule has 0 aliphatic carbocycles. The van der Waals surface area contributed by atoms with Gasteiger partial charge in [-0.15, -0.1) is 0 Å². The van der Waals surface area contributed by atoms with Crippen molar-refractivity contribution in [3.05, 3.63) is 35.9 Å². The SMILES string of the molecule is CCCCO[C@H]1C[C@@H](OC(=O)c2ccccc2)[C@@H]2[C@H]3CCO[C@H]3ON2O1. The zero-order chi connectivity index (χ0) is 17.9. The van der Waals surface area contributed by atoms with Crippen LogP contribution in [0.15, 0.2) is 30.3 Å². The third kappa shape index (κ3) is 3.63. The predicted molar refractivity (Wildman–Crippen MR) is 90.6 cm³/mol. The molecule has 3 saturated heterocycles. The van der Waals surface area contributed by atoms with E-state index in [0.717, 1.165) is 19.3 Å². The molecule has 0 aromatic heterocycles. The summed E-state index contributed by atoms with van der Waals surface area (Å²) in [6.07, 6.45) is 2.12. The first kappa shape index (κ1) is 17.9. The number of rotatable bonds is 6. The van der Waals surface area contributed by atoms with Crippen molar-refractivity contribution in [3.63, 3.8) is 0 Å². The molecule has 1 aromatic rings. The smallest absolute Gasteiger partial charge is 0.338 e. The molecule has 0 saturated carbocycles. The first-order valence-corrected chi connectivity index (χ1v) is 9.38. The Labute approximate surface area is 153 Å². The van der Waals surface area contributed by atoms with Crippen LogP contribution in [0, 0.1) is 5.92 Å². The highest BCUT2D eigenvalue weighted by Crippen LogP contribution is 2.42. The first-order chi connectivity index (χ1) is 12.8. The number of benzene rings is 1. The lowest BCUT2D eigenvalue weighted by atomic mass is 9.92. The Morgan fingerprint density at radius 3 is 2.92 bits per heavy atom. The van der Waals surface area contributed by atoms with Gasteiger partial charge in [-0.2, -0.15) is 0 Å². The Balaban J connectivity index is 1.47. The van der Waals surface area contributed by atoms with E-state index in [-0.39, 0.29) is 30.3 Å². The Bertz CT molecular complexity index is 611. The van der Waals surface area contributed by atoms with Crippen LogP contribution in [0.2, 0.25) is 0 Å². The first-order valence-electron chi connectivity index (χ1n) is 9.38. The van der Waals surface area contributed by atoms with Crippen LogP contribution in [0.3, 0.4) is 0 Å². The summed E-state index contributed by atoms with van der Waals surface area (Å²) in [5, 5.41) is 1.44. The van der Waals surface area contributed by atoms with Gasteiger partial charge in [0.05, 0.1) is 12.2 Å². The fourth-order valence-corrected chi connectivity index (χ4v) is 3.70. The van der Waals surface area contributed by atoms with Gasteiger partial charge < -0.3 is 14.2 Å². The highest BCUT2D eigenvalue weighted by molar-refractivity contribution is 5.89. The summed E-state index contributed by atoms with van der Waals surface area (Å²) in [5.74, 6) is -0.215. The van der Waals surface area contributed by atoms with E-state index < -0.39 is 6.29 Å². The third-order valence-electron chi connectivity index (χ3n) is 5.07. The monoisotopic (exact) mass is 363 g/mol. The van der Waals surface area contributed by atoms with Crippen LogP contribution in [-0.4, -0.2) is 49.1 Å². The molecule has 0 bridgehead atoms. The summed E-state index contributed by atoms with van der Waals surface area (Å²) < 4.78 is 17.3. The molecule has 142 valence electrons. The van der Waals surface area contributed by atoms with E-state index in [1.807, 2.05) is 18.2 Å². The maximum Gasteiger partial charge on any atom is 0.338 e. The van der Waals surface area contributed by atoms with Crippen LogP contribution in [0.25, 0.3) is 0 Å². The second-order valence-electron chi connectivity index (χ2n) is 6.88. The summed E-state index contributed by atoms with van der Waals surface area (Å²) in [6.45, 7) is 3.35. The van der Waals surface area contributed by atoms with Crippen LogP contribution in [0.1, 0.15) is 43.0 Å². The molecular weight excluding hydrogens is 338 g/mol. The van der Waals surface area contributed by atoms with Gasteiger partial charge in [-0.25, -0.2) is 14.5 Å². The fraction of sp³-hybridized carbons (Fsp3) is 0.632. The van der Waals surface area contributed by atoms with Crippen molar-refractivity contribution in [2.45, 2.75) is 57.3 Å². The number of esters is 1. The maximum atomic E-state index is 12.6. The van der Waals surface area contributed by atoms with Gasteiger partial charge in [0, 0.05) is 18.9 Å². The van der Waals surface area contributed by atoms with Crippen LogP contribution in [-0.2, 0) is 23.9 Å². The van der Waals surface area contributed by atoms with E-state index in [0.29, 0.717) is 25.2 Å². The number of fused-ring (bicyclic) bond motifs is 3. The van der Waals surface area contributed by atoms with Gasteiger partial charge in [-0.05, 0) is 25.0 Å². The van der Waals surface area contributed by atoms with E-state index >= 15 is 0 Å². The largest absolute Gasteiger partial charge is 0.457 e. The summed E-state index contributed by atoms with van der Waals surface area (Å²) >= 11 is 0. The van der Waals surface area contributed by atoms with Crippen LogP contribution >= 0.6 is 0 Å². The van der Waals surface area contributed by atoms with E-state index in [4.69, 9.17) is 23.9 Å². The average Bonchev–Trinajstić information content (AvgIpc) is 3.23. The third-order valence-corrected chi connectivity index (χ3v) is 5.07. The van der Waals surface area contributed by atoms with Gasteiger partial charge in [0.15, 0.2) is 12.6 Å². The van der Waals surface area contributed by atoms with E-state index in [9.17, 15) is 4.79 Å². The molecule has 5 atom stereocenters. The van der Waals surface area contributed by atoms with Gasteiger partial charge in [-0.3, -0.25) is 0 Å². The Kier molecular flexibility index (Phi) is 5.52. The molecule has 0 amide bonds. The normalized spacial score (nSPS) is 33.7. The van der Waals surface area contributed by atoms with E-state index in [1.54, 1.807) is 12.1 Å². The van der Waals surface area contributed by atoms with Crippen molar-refractivity contribution in [1.82, 2.24) is 5.23 Å². The summed E-state index contributed by atoms with van der Waals surface area (Å²) in [7, 11) is 0. The number of hydrogen-bond donors (Lipinski definition) is 0. The molecule has 7 heteroatoms. The van der Waals surface area contributed by atoms with Crippen molar-refractivity contribution in [2.24, 2.45) is 5.92 Å². The van der Waals surface area contributed by atoms with Gasteiger partial charge in [-0.1, -0.05) is 36.8 Å². The molecule has 3 heterocycles. The second kappa shape index (κ2) is 8.02. The molecule has 3 aliphatic rings. The van der Waals surface area contributed by atoms with Crippen molar-refractivity contribution in [1.29, 1.82) is 0 Å². The molecule has 7 nitrogen and oxygen atoms in total. The highest BCUT2D eigenvalue weighted by Gasteiger charge is 2.56. The molecule has 26 heavy (non-hydrogen) atoms. The average molecular weight is 363 g/mol. The quantitative estimate of drug-likeness (QED) is 0.569. The molecular formula is C19H25NO6. The van der Waals surface area contributed by atoms with Crippen LogP contribution in [0.4, 0.5) is 0 Å². The summed E-state index contributed by atoms with van der Waals surface area (Å²) in [5.41, 5.74) is 0.534. The molecule has 0 unspecified atom stereocenters. The van der Waals surface area contributed by atoms with Crippen LogP contribution in [0.5, 0.6) is 0 Å². The zero-order valence-corrected chi connectivity index (χ0v) is 14.9. The van der Waals surface area contributed by atoms with E-state index in [2.05, 4.69) is 6.92 Å². The minimum Gasteiger partial charge on any atom is -0.457 e. The van der Waals surface area contributed by atoms with Gasteiger partial charge in [0.2, 0.25) is 0 Å². The molecule has 4 rings (SSSR count). The lowest BCUT2D eigenvalue weighted by Gasteiger charge is -2.38. The molecule has 3 fully saturated rings. The predicted octanol–water partition coefficient (Wildman–Crippen LogP) is 2.67. The minimum absolute atomic E-state index is 0.125. The minimum atomic E-state index is -0.495. The van der Waals surface area contributed by atoms with Crippen LogP contribution < -0.4 is 0 Å². The fourth-order valence-electron chi connectivity index (χ4n) is 3.70. The Morgan fingerprint density at radius 1 is 1.27 bits per heavy atom. The van der Waals surface area contributed by atoms with E-state index in [1.165, 1.54) is 5.23 Å². The zero-order valence-electron chi connectivity index (χ0n) is 14.9. The Hall–Kier alpha value is -1.51. The lowest BCUT2D eigenvalue weighted by molar-refractivity contribution is -0.457. The van der Waals surface area contributed by atoms with Crippen molar-refractivity contribution in [3.8, 4) is 0 Å². The van der Waals surface area contributed by atoms with Gasteiger partial charge in [0.1, 0.15) is 12.1 Å². The van der Waals surface area contributed by atoms with Gasteiger partial charge >= 0.3 is 5.97 Å². The topological polar surface area (TPSA) is 66.5 Å². The number of unbranched alkanes of at least 4 members (excludes halogenated alkanes) is 1. The van der Waals surface area contributed by atoms with Gasteiger partial charge in [0.25, 0.3) is 0 Å². The molecule has 0 radical (unpaired) electrons. The number of carbonyl (C=O) groups is 1. The summed E-state index contributed by atoms with van der Waals surface area (Å²) in [6, 6.07) is 8.84. The number of hydrogen-bond acceptors (Lipinski definition) is 7. The molecule has 3 aliphatic heterocycles. The number of carbonyl (C=O) groups excluding carboxylic acids is 1. The highest BCUT2D eigenvalue weighted by atomic mass is 17.0. The number of hydroxylamine groups is 2. The molecule has 1 aromatic carbocycles. The van der Waals surface area contributed by atoms with Crippen molar-refractivity contribution in [2.75, 3.05) is 13.2 Å². The van der Waals surface area contributed by atoms with Crippen molar-refractivity contribution < 1.29 is 28.7 Å². The molecule has 0 spiro atoms. The number of nitrogens with zero attached hydrogens (tertiary/aromatic N) is 1. The lowest BCUT2D eigenvalue weighted by Crippen LogP contribution is -2.52. The summed E-state index contributed by atoms with van der Waals surface area (Å²) in [4.78, 5) is 24.2.